The molecule has 0 saturated carbocycles. The smallest absolute Gasteiger partial charge is 0.264 e. The lowest BCUT2D eigenvalue weighted by atomic mass is 10.1. The number of nitrogens with zero attached hydrogens (tertiary/aromatic N) is 2. The normalized spacial score (nSPS) is 12.2. The van der Waals surface area contributed by atoms with Crippen LogP contribution in [0.15, 0.2) is 77.7 Å². The van der Waals surface area contributed by atoms with Gasteiger partial charge in [-0.2, -0.15) is 0 Å². The fourth-order valence-electron chi connectivity index (χ4n) is 4.19. The van der Waals surface area contributed by atoms with Gasteiger partial charge in [-0.1, -0.05) is 72.1 Å². The Bertz CT molecular complexity index is 1390. The lowest BCUT2D eigenvalue weighted by Crippen LogP contribution is -2.53. The van der Waals surface area contributed by atoms with E-state index in [1.165, 1.54) is 17.0 Å². The van der Waals surface area contributed by atoms with Gasteiger partial charge in [0.2, 0.25) is 11.8 Å². The van der Waals surface area contributed by atoms with Crippen LogP contribution in [0.4, 0.5) is 5.69 Å². The Morgan fingerprint density at radius 3 is 2.00 bits per heavy atom. The molecule has 0 fully saturated rings. The molecule has 0 bridgehead atoms. The number of carbonyl (C=O) groups excluding carboxylic acids is 2. The number of amides is 2. The van der Waals surface area contributed by atoms with Crippen molar-refractivity contribution in [1.82, 2.24) is 10.2 Å². The van der Waals surface area contributed by atoms with Gasteiger partial charge in [0.05, 0.1) is 10.6 Å². The molecule has 7 nitrogen and oxygen atoms in total. The molecule has 208 valence electrons. The summed E-state index contributed by atoms with van der Waals surface area (Å²) in [6.07, 6.45) is 0.337. The summed E-state index contributed by atoms with van der Waals surface area (Å²) < 4.78 is 28.8. The predicted molar refractivity (Wildman–Crippen MR) is 156 cm³/mol. The molecule has 2 amide bonds. The lowest BCUT2D eigenvalue weighted by Gasteiger charge is -2.33. The van der Waals surface area contributed by atoms with Crippen molar-refractivity contribution in [2.24, 2.45) is 0 Å². The number of hydrogen-bond acceptors (Lipinski definition) is 4. The van der Waals surface area contributed by atoms with Crippen molar-refractivity contribution >= 4 is 39.1 Å². The molecular weight excluding hydrogens is 534 g/mol. The molecular formula is C30H36ClN3O4S. The second-order valence-corrected chi connectivity index (χ2v) is 12.1. The molecule has 3 aromatic carbocycles. The van der Waals surface area contributed by atoms with Crippen molar-refractivity contribution in [3.8, 4) is 0 Å². The minimum Gasteiger partial charge on any atom is -0.352 e. The number of nitrogens with one attached hydrogen (secondary N) is 1. The summed E-state index contributed by atoms with van der Waals surface area (Å²) in [7, 11) is -4.11. The molecule has 3 aromatic rings. The second-order valence-electron chi connectivity index (χ2n) is 9.86. The zero-order valence-electron chi connectivity index (χ0n) is 23.0. The minimum atomic E-state index is -4.11. The van der Waals surface area contributed by atoms with Crippen molar-refractivity contribution in [2.45, 2.75) is 64.6 Å². The van der Waals surface area contributed by atoms with E-state index >= 15 is 0 Å². The van der Waals surface area contributed by atoms with E-state index in [-0.39, 0.29) is 23.4 Å². The second kappa shape index (κ2) is 13.1. The first-order chi connectivity index (χ1) is 18.4. The number of aryl methyl sites for hydroxylation is 2. The Hall–Kier alpha value is -3.36. The molecule has 3 rings (SSSR count). The van der Waals surface area contributed by atoms with Gasteiger partial charge in [-0.05, 0) is 70.0 Å². The summed E-state index contributed by atoms with van der Waals surface area (Å²) in [6.45, 7) is 8.84. The number of hydrogen-bond donors (Lipinski definition) is 1. The molecule has 39 heavy (non-hydrogen) atoms. The van der Waals surface area contributed by atoms with Crippen LogP contribution in [-0.2, 0) is 26.2 Å². The predicted octanol–water partition coefficient (Wildman–Crippen LogP) is 5.48. The van der Waals surface area contributed by atoms with Crippen molar-refractivity contribution in [3.63, 3.8) is 0 Å². The third kappa shape index (κ3) is 7.61. The largest absolute Gasteiger partial charge is 0.352 e. The average Bonchev–Trinajstić information content (AvgIpc) is 2.88. The number of carbonyl (C=O) groups is 2. The molecule has 0 radical (unpaired) electrons. The molecule has 0 saturated heterocycles. The van der Waals surface area contributed by atoms with Crippen LogP contribution in [0.2, 0.25) is 5.02 Å². The van der Waals surface area contributed by atoms with Gasteiger partial charge in [0.15, 0.2) is 0 Å². The van der Waals surface area contributed by atoms with Crippen LogP contribution in [0.5, 0.6) is 0 Å². The maximum Gasteiger partial charge on any atom is 0.264 e. The van der Waals surface area contributed by atoms with Gasteiger partial charge >= 0.3 is 0 Å². The Balaban J connectivity index is 2.07. The fraction of sp³-hybridized carbons (Fsp3) is 0.333. The van der Waals surface area contributed by atoms with E-state index in [1.54, 1.807) is 60.7 Å². The molecule has 9 heteroatoms. The quantitative estimate of drug-likeness (QED) is 0.331. The highest BCUT2D eigenvalue weighted by atomic mass is 35.5. The standard InChI is InChI=1S/C30H36ClN3O4S/c1-6-28(30(36)32-21(2)3)33(19-24-9-7-8-10-27(24)31)29(35)20-34(25-15-11-22(4)12-16-25)39(37,38)26-17-13-23(5)14-18-26/h7-18,21,28H,6,19-20H2,1-5H3,(H,32,36). The SMILES string of the molecule is CCC(C(=O)NC(C)C)N(Cc1ccccc1Cl)C(=O)CN(c1ccc(C)cc1)S(=O)(=O)c1ccc(C)cc1. The minimum absolute atomic E-state index is 0.0504. The monoisotopic (exact) mass is 569 g/mol. The van der Waals surface area contributed by atoms with Crippen molar-refractivity contribution < 1.29 is 18.0 Å². The van der Waals surface area contributed by atoms with Crippen LogP contribution in [0.25, 0.3) is 0 Å². The van der Waals surface area contributed by atoms with E-state index < -0.39 is 28.5 Å². The highest BCUT2D eigenvalue weighted by Crippen LogP contribution is 2.26. The molecule has 1 N–H and O–H groups in total. The molecule has 1 unspecified atom stereocenters. The van der Waals surface area contributed by atoms with Crippen LogP contribution in [0, 0.1) is 13.8 Å². The Morgan fingerprint density at radius 1 is 0.897 bits per heavy atom. The average molecular weight is 570 g/mol. The van der Waals surface area contributed by atoms with Gasteiger partial charge in [-0.15, -0.1) is 0 Å². The molecule has 0 aliphatic rings. The summed E-state index contributed by atoms with van der Waals surface area (Å²) in [5.74, 6) is -0.826. The Labute approximate surface area is 236 Å². The van der Waals surface area contributed by atoms with Crippen LogP contribution < -0.4 is 9.62 Å². The number of anilines is 1. The third-order valence-corrected chi connectivity index (χ3v) is 8.48. The summed E-state index contributed by atoms with van der Waals surface area (Å²) >= 11 is 6.42. The molecule has 0 spiro atoms. The molecule has 0 aliphatic carbocycles. The first kappa shape index (κ1) is 30.2. The van der Waals surface area contributed by atoms with Crippen molar-refractivity contribution in [2.75, 3.05) is 10.8 Å². The van der Waals surface area contributed by atoms with E-state index in [2.05, 4.69) is 5.32 Å². The maximum atomic E-state index is 14.0. The van der Waals surface area contributed by atoms with Gasteiger partial charge in [-0.25, -0.2) is 8.42 Å². The zero-order chi connectivity index (χ0) is 28.7. The van der Waals surface area contributed by atoms with E-state index in [9.17, 15) is 18.0 Å². The summed E-state index contributed by atoms with van der Waals surface area (Å²) in [5, 5.41) is 3.34. The first-order valence-corrected chi connectivity index (χ1v) is 14.7. The van der Waals surface area contributed by atoms with Crippen LogP contribution in [0.3, 0.4) is 0 Å². The Kier molecular flexibility index (Phi) is 10.2. The zero-order valence-corrected chi connectivity index (χ0v) is 24.6. The number of halogens is 1. The summed E-state index contributed by atoms with van der Waals surface area (Å²) in [6, 6.07) is 19.6. The highest BCUT2D eigenvalue weighted by Gasteiger charge is 2.34. The van der Waals surface area contributed by atoms with Gasteiger partial charge in [0.1, 0.15) is 12.6 Å². The molecule has 1 atom stereocenters. The lowest BCUT2D eigenvalue weighted by molar-refractivity contribution is -0.140. The maximum absolute atomic E-state index is 14.0. The van der Waals surface area contributed by atoms with Gasteiger partial charge in [0, 0.05) is 17.6 Å². The van der Waals surface area contributed by atoms with E-state index in [0.717, 1.165) is 15.4 Å². The van der Waals surface area contributed by atoms with Gasteiger partial charge in [-0.3, -0.25) is 13.9 Å². The van der Waals surface area contributed by atoms with Crippen molar-refractivity contribution in [1.29, 1.82) is 0 Å². The number of sulfonamides is 1. The summed E-state index contributed by atoms with van der Waals surface area (Å²) in [4.78, 5) is 28.7. The topological polar surface area (TPSA) is 86.8 Å². The van der Waals surface area contributed by atoms with Crippen LogP contribution >= 0.6 is 11.6 Å². The fourth-order valence-corrected chi connectivity index (χ4v) is 5.80. The summed E-state index contributed by atoms with van der Waals surface area (Å²) in [5.41, 5.74) is 2.88. The third-order valence-electron chi connectivity index (χ3n) is 6.33. The Morgan fingerprint density at radius 2 is 1.46 bits per heavy atom. The molecule has 0 aliphatic heterocycles. The number of benzene rings is 3. The molecule has 0 heterocycles. The molecule has 0 aromatic heterocycles. The van der Waals surface area contributed by atoms with E-state index in [4.69, 9.17) is 11.6 Å². The van der Waals surface area contributed by atoms with Crippen molar-refractivity contribution in [3.05, 3.63) is 94.5 Å². The first-order valence-electron chi connectivity index (χ1n) is 12.9. The van der Waals surface area contributed by atoms with Crippen LogP contribution in [0.1, 0.15) is 43.9 Å². The van der Waals surface area contributed by atoms with E-state index in [0.29, 0.717) is 22.7 Å². The van der Waals surface area contributed by atoms with Gasteiger partial charge in [0.25, 0.3) is 10.0 Å². The van der Waals surface area contributed by atoms with Gasteiger partial charge < -0.3 is 10.2 Å². The highest BCUT2D eigenvalue weighted by molar-refractivity contribution is 7.92. The van der Waals surface area contributed by atoms with Crippen LogP contribution in [-0.4, -0.2) is 43.8 Å². The number of rotatable bonds is 11. The van der Waals surface area contributed by atoms with E-state index in [1.807, 2.05) is 34.6 Å².